The van der Waals surface area contributed by atoms with Crippen LogP contribution in [0.3, 0.4) is 0 Å². The monoisotopic (exact) mass is 456 g/mol. The molecule has 0 heterocycles. The molecule has 0 fully saturated rings. The van der Waals surface area contributed by atoms with E-state index in [2.05, 4.69) is 75.4 Å². The van der Waals surface area contributed by atoms with Gasteiger partial charge in [-0.1, -0.05) is 150 Å². The van der Waals surface area contributed by atoms with Crippen LogP contribution < -0.4 is 0 Å². The second kappa shape index (κ2) is 15.0. The Labute approximate surface area is 210 Å². The van der Waals surface area contributed by atoms with Gasteiger partial charge < -0.3 is 0 Å². The zero-order chi connectivity index (χ0) is 24.0. The maximum Gasteiger partial charge on any atom is -0.0146 e. The fourth-order valence-electron chi connectivity index (χ4n) is 5.24. The first-order valence-electron chi connectivity index (χ1n) is 14.3. The fraction of sp³-hybridized carbons (Fsp3) is 0.529. The predicted octanol–water partition coefficient (Wildman–Crippen LogP) is 11.1. The zero-order valence-electron chi connectivity index (χ0n) is 22.3. The molecule has 0 atom stereocenters. The van der Waals surface area contributed by atoms with Crippen molar-refractivity contribution in [3.63, 3.8) is 0 Å². The van der Waals surface area contributed by atoms with Gasteiger partial charge in [-0.3, -0.25) is 0 Å². The molecule has 3 aromatic rings. The van der Waals surface area contributed by atoms with Crippen molar-refractivity contribution in [3.8, 4) is 11.1 Å². The lowest BCUT2D eigenvalue weighted by Gasteiger charge is -2.11. The summed E-state index contributed by atoms with van der Waals surface area (Å²) in [5, 5.41) is 2.83. The van der Waals surface area contributed by atoms with Gasteiger partial charge in [0, 0.05) is 0 Å². The van der Waals surface area contributed by atoms with Crippen molar-refractivity contribution in [3.05, 3.63) is 71.3 Å². The summed E-state index contributed by atoms with van der Waals surface area (Å²) in [7, 11) is 0. The van der Waals surface area contributed by atoms with Crippen LogP contribution in [0.4, 0.5) is 0 Å². The van der Waals surface area contributed by atoms with Gasteiger partial charge in [-0.25, -0.2) is 0 Å². The molecule has 0 aliphatic carbocycles. The average molecular weight is 457 g/mol. The molecule has 0 saturated carbocycles. The number of hydrogen-bond donors (Lipinski definition) is 0. The van der Waals surface area contributed by atoms with E-state index < -0.39 is 0 Å². The van der Waals surface area contributed by atoms with E-state index in [4.69, 9.17) is 0 Å². The molecule has 0 saturated heterocycles. The first-order valence-corrected chi connectivity index (χ1v) is 14.3. The van der Waals surface area contributed by atoms with Crippen LogP contribution in [-0.4, -0.2) is 0 Å². The SMILES string of the molecule is CCCCCCCCCCCCCCCCc1cc(C)cc2ccc(-c3ccc(C)cc3)cc12. The molecule has 3 aromatic carbocycles. The van der Waals surface area contributed by atoms with Crippen molar-refractivity contribution in [2.75, 3.05) is 0 Å². The van der Waals surface area contributed by atoms with Crippen molar-refractivity contribution in [1.29, 1.82) is 0 Å². The number of aryl methyl sites for hydroxylation is 3. The third-order valence-electron chi connectivity index (χ3n) is 7.37. The Kier molecular flexibility index (Phi) is 11.7. The van der Waals surface area contributed by atoms with Gasteiger partial charge in [0.15, 0.2) is 0 Å². The van der Waals surface area contributed by atoms with Crippen molar-refractivity contribution in [2.45, 2.75) is 117 Å². The van der Waals surface area contributed by atoms with Gasteiger partial charge in [-0.05, 0) is 60.2 Å². The standard InChI is InChI=1S/C34H48/c1-4-5-6-7-8-9-10-11-12-13-14-15-16-17-18-32-25-29(3)26-33-24-23-31(27-34(32)33)30-21-19-28(2)20-22-30/h19-27H,4-18H2,1-3H3. The Morgan fingerprint density at radius 3 is 1.59 bits per heavy atom. The molecule has 0 bridgehead atoms. The van der Waals surface area contributed by atoms with Crippen LogP contribution in [-0.2, 0) is 6.42 Å². The third-order valence-corrected chi connectivity index (χ3v) is 7.37. The molecule has 0 N–H and O–H groups in total. The molecule has 0 spiro atoms. The second-order valence-corrected chi connectivity index (χ2v) is 10.6. The number of unbranched alkanes of at least 4 members (excludes halogenated alkanes) is 13. The van der Waals surface area contributed by atoms with Crippen LogP contribution in [0.15, 0.2) is 54.6 Å². The first-order chi connectivity index (χ1) is 16.7. The summed E-state index contributed by atoms with van der Waals surface area (Å²) in [6.07, 6.45) is 21.1. The van der Waals surface area contributed by atoms with E-state index in [1.54, 1.807) is 0 Å². The first kappa shape index (κ1) is 26.5. The van der Waals surface area contributed by atoms with E-state index in [9.17, 15) is 0 Å². The fourth-order valence-corrected chi connectivity index (χ4v) is 5.24. The summed E-state index contributed by atoms with van der Waals surface area (Å²) in [6, 6.07) is 20.7. The highest BCUT2D eigenvalue weighted by Crippen LogP contribution is 2.29. The summed E-state index contributed by atoms with van der Waals surface area (Å²) in [5.41, 5.74) is 6.88. The van der Waals surface area contributed by atoms with Crippen LogP contribution in [0.1, 0.15) is 114 Å². The lowest BCUT2D eigenvalue weighted by atomic mass is 9.93. The minimum Gasteiger partial charge on any atom is -0.0654 e. The molecule has 0 aliphatic rings. The lowest BCUT2D eigenvalue weighted by molar-refractivity contribution is 0.535. The summed E-state index contributed by atoms with van der Waals surface area (Å²) < 4.78 is 0. The van der Waals surface area contributed by atoms with Gasteiger partial charge in [0.2, 0.25) is 0 Å². The van der Waals surface area contributed by atoms with Crippen molar-refractivity contribution in [2.24, 2.45) is 0 Å². The molecule has 0 unspecified atom stereocenters. The normalized spacial score (nSPS) is 11.4. The molecule has 184 valence electrons. The van der Waals surface area contributed by atoms with Crippen molar-refractivity contribution >= 4 is 10.8 Å². The zero-order valence-corrected chi connectivity index (χ0v) is 22.3. The van der Waals surface area contributed by atoms with Gasteiger partial charge >= 0.3 is 0 Å². The summed E-state index contributed by atoms with van der Waals surface area (Å²) in [6.45, 7) is 6.69. The van der Waals surface area contributed by atoms with Gasteiger partial charge in [-0.2, -0.15) is 0 Å². The lowest BCUT2D eigenvalue weighted by Crippen LogP contribution is -1.91. The Morgan fingerprint density at radius 1 is 0.471 bits per heavy atom. The summed E-state index contributed by atoms with van der Waals surface area (Å²) in [4.78, 5) is 0. The minimum absolute atomic E-state index is 1.20. The minimum atomic E-state index is 1.20. The molecule has 3 rings (SSSR count). The molecule has 0 amide bonds. The van der Waals surface area contributed by atoms with Crippen molar-refractivity contribution in [1.82, 2.24) is 0 Å². The molecular weight excluding hydrogens is 408 g/mol. The maximum absolute atomic E-state index is 2.42. The topological polar surface area (TPSA) is 0 Å². The van der Waals surface area contributed by atoms with Gasteiger partial charge in [0.1, 0.15) is 0 Å². The largest absolute Gasteiger partial charge is 0.0654 e. The molecule has 0 nitrogen and oxygen atoms in total. The van der Waals surface area contributed by atoms with E-state index in [0.717, 1.165) is 0 Å². The summed E-state index contributed by atoms with van der Waals surface area (Å²) >= 11 is 0. The van der Waals surface area contributed by atoms with E-state index in [1.807, 2.05) is 0 Å². The Morgan fingerprint density at radius 2 is 1.00 bits per heavy atom. The van der Waals surface area contributed by atoms with Crippen LogP contribution in [0.25, 0.3) is 21.9 Å². The summed E-state index contributed by atoms with van der Waals surface area (Å²) in [5.74, 6) is 0. The Balaban J connectivity index is 1.38. The van der Waals surface area contributed by atoms with E-state index in [1.165, 1.54) is 135 Å². The Bertz CT molecular complexity index is 963. The number of fused-ring (bicyclic) bond motifs is 1. The molecule has 0 heteroatoms. The number of rotatable bonds is 16. The third kappa shape index (κ3) is 8.94. The van der Waals surface area contributed by atoms with Gasteiger partial charge in [0.05, 0.1) is 0 Å². The van der Waals surface area contributed by atoms with E-state index in [0.29, 0.717) is 0 Å². The highest BCUT2D eigenvalue weighted by atomic mass is 14.1. The molecule has 34 heavy (non-hydrogen) atoms. The smallest absolute Gasteiger partial charge is 0.0146 e. The van der Waals surface area contributed by atoms with Crippen LogP contribution in [0.2, 0.25) is 0 Å². The van der Waals surface area contributed by atoms with Crippen LogP contribution >= 0.6 is 0 Å². The molecule has 0 aromatic heterocycles. The van der Waals surface area contributed by atoms with Gasteiger partial charge in [-0.15, -0.1) is 0 Å². The molecule has 0 radical (unpaired) electrons. The molecular formula is C34H48. The highest BCUT2D eigenvalue weighted by molar-refractivity contribution is 5.90. The van der Waals surface area contributed by atoms with Crippen molar-refractivity contribution < 1.29 is 0 Å². The predicted molar refractivity (Wildman–Crippen MR) is 153 cm³/mol. The van der Waals surface area contributed by atoms with E-state index >= 15 is 0 Å². The maximum atomic E-state index is 2.42. The highest BCUT2D eigenvalue weighted by Gasteiger charge is 2.06. The molecule has 0 aliphatic heterocycles. The van der Waals surface area contributed by atoms with E-state index in [-0.39, 0.29) is 0 Å². The average Bonchev–Trinajstić information content (AvgIpc) is 2.84. The Hall–Kier alpha value is -2.08. The second-order valence-electron chi connectivity index (χ2n) is 10.6. The number of hydrogen-bond acceptors (Lipinski definition) is 0. The number of benzene rings is 3. The van der Waals surface area contributed by atoms with Crippen LogP contribution in [0.5, 0.6) is 0 Å². The van der Waals surface area contributed by atoms with Gasteiger partial charge in [0.25, 0.3) is 0 Å². The quantitative estimate of drug-likeness (QED) is 0.188. The van der Waals surface area contributed by atoms with Crippen LogP contribution in [0, 0.1) is 13.8 Å².